The van der Waals surface area contributed by atoms with Gasteiger partial charge in [-0.15, -0.1) is 0 Å². The van der Waals surface area contributed by atoms with Crippen LogP contribution in [0, 0.1) is 0 Å². The van der Waals surface area contributed by atoms with E-state index >= 15 is 0 Å². The molecule has 2 unspecified atom stereocenters. The van der Waals surface area contributed by atoms with E-state index in [1.54, 1.807) is 12.1 Å². The molecule has 0 aliphatic carbocycles. The molecule has 0 saturated carbocycles. The second-order valence-electron chi connectivity index (χ2n) is 3.32. The molecule has 0 spiro atoms. The predicted molar refractivity (Wildman–Crippen MR) is 59.9 cm³/mol. The van der Waals surface area contributed by atoms with E-state index in [2.05, 4.69) is 0 Å². The molecule has 0 aliphatic heterocycles. The summed E-state index contributed by atoms with van der Waals surface area (Å²) in [5.74, 6) is -0.0928. The van der Waals surface area contributed by atoms with Crippen molar-refractivity contribution >= 4 is 23.2 Å². The summed E-state index contributed by atoms with van der Waals surface area (Å²) in [4.78, 5) is 0. The Morgan fingerprint density at radius 2 is 2.00 bits per heavy atom. The van der Waals surface area contributed by atoms with Gasteiger partial charge in [0.1, 0.15) is 0 Å². The van der Waals surface area contributed by atoms with Crippen LogP contribution < -0.4 is 5.73 Å². The number of hydrogen-bond acceptors (Lipinski definition) is 2. The summed E-state index contributed by atoms with van der Waals surface area (Å²) in [6.45, 7) is 1.86. The lowest BCUT2D eigenvalue weighted by Gasteiger charge is -2.18. The number of aliphatic hydroxyl groups excluding tert-OH is 1. The van der Waals surface area contributed by atoms with E-state index in [1.807, 2.05) is 13.0 Å². The summed E-state index contributed by atoms with van der Waals surface area (Å²) in [7, 11) is 0. The molecule has 14 heavy (non-hydrogen) atoms. The molecule has 0 heterocycles. The zero-order valence-corrected chi connectivity index (χ0v) is 9.39. The van der Waals surface area contributed by atoms with Gasteiger partial charge in [0.25, 0.3) is 0 Å². The van der Waals surface area contributed by atoms with Crippen molar-refractivity contribution in [3.8, 4) is 0 Å². The third-order valence-electron chi connectivity index (χ3n) is 2.20. The third kappa shape index (κ3) is 2.61. The minimum absolute atomic E-state index is 0.00955. The highest BCUT2D eigenvalue weighted by atomic mass is 35.5. The number of aliphatic hydroxyl groups is 1. The fourth-order valence-corrected chi connectivity index (χ4v) is 1.62. The van der Waals surface area contributed by atoms with Crippen LogP contribution in [0.2, 0.25) is 10.0 Å². The van der Waals surface area contributed by atoms with Gasteiger partial charge < -0.3 is 10.8 Å². The van der Waals surface area contributed by atoms with Gasteiger partial charge >= 0.3 is 0 Å². The highest BCUT2D eigenvalue weighted by molar-refractivity contribution is 6.42. The third-order valence-corrected chi connectivity index (χ3v) is 2.94. The first kappa shape index (κ1) is 11.8. The van der Waals surface area contributed by atoms with Crippen molar-refractivity contribution in [2.24, 2.45) is 5.73 Å². The Kier molecular flexibility index (Phi) is 4.20. The smallest absolute Gasteiger partial charge is 0.0595 e. The number of rotatable bonds is 3. The fourth-order valence-electron chi connectivity index (χ4n) is 1.32. The number of halogens is 2. The summed E-state index contributed by atoms with van der Waals surface area (Å²) >= 11 is 11.6. The van der Waals surface area contributed by atoms with E-state index in [1.165, 1.54) is 0 Å². The van der Waals surface area contributed by atoms with Gasteiger partial charge in [0, 0.05) is 12.0 Å². The number of benzene rings is 1. The van der Waals surface area contributed by atoms with E-state index in [0.29, 0.717) is 10.0 Å². The summed E-state index contributed by atoms with van der Waals surface area (Å²) in [5.41, 5.74) is 6.65. The molecule has 2 atom stereocenters. The Balaban J connectivity index is 3.00. The Labute approximate surface area is 93.6 Å². The normalized spacial score (nSPS) is 15.2. The minimum Gasteiger partial charge on any atom is -0.396 e. The summed E-state index contributed by atoms with van der Waals surface area (Å²) < 4.78 is 0. The van der Waals surface area contributed by atoms with Gasteiger partial charge in [-0.25, -0.2) is 0 Å². The fraction of sp³-hybridized carbons (Fsp3) is 0.400. The maximum Gasteiger partial charge on any atom is 0.0595 e. The monoisotopic (exact) mass is 233 g/mol. The van der Waals surface area contributed by atoms with Crippen molar-refractivity contribution in [2.45, 2.75) is 18.9 Å². The molecule has 1 aromatic carbocycles. The molecule has 0 bridgehead atoms. The Hall–Kier alpha value is -0.280. The van der Waals surface area contributed by atoms with Gasteiger partial charge in [-0.05, 0) is 24.6 Å². The van der Waals surface area contributed by atoms with Gasteiger partial charge in [0.2, 0.25) is 0 Å². The molecule has 4 heteroatoms. The van der Waals surface area contributed by atoms with Crippen molar-refractivity contribution in [1.29, 1.82) is 0 Å². The largest absolute Gasteiger partial charge is 0.396 e. The molecule has 2 nitrogen and oxygen atoms in total. The molecule has 1 rings (SSSR count). The summed E-state index contributed by atoms with van der Waals surface area (Å²) in [6, 6.07) is 5.17. The number of nitrogens with two attached hydrogens (primary N) is 1. The van der Waals surface area contributed by atoms with Crippen molar-refractivity contribution in [1.82, 2.24) is 0 Å². The van der Waals surface area contributed by atoms with Crippen molar-refractivity contribution in [2.75, 3.05) is 6.61 Å². The van der Waals surface area contributed by atoms with Crippen LogP contribution in [0.25, 0.3) is 0 Å². The summed E-state index contributed by atoms with van der Waals surface area (Å²) in [5, 5.41) is 10.2. The van der Waals surface area contributed by atoms with Gasteiger partial charge in [-0.3, -0.25) is 0 Å². The van der Waals surface area contributed by atoms with Crippen LogP contribution in [0.1, 0.15) is 18.4 Å². The molecule has 78 valence electrons. The predicted octanol–water partition coefficient (Wildman–Crippen LogP) is 2.42. The van der Waals surface area contributed by atoms with E-state index in [4.69, 9.17) is 34.0 Å². The highest BCUT2D eigenvalue weighted by Gasteiger charge is 2.15. The van der Waals surface area contributed by atoms with Gasteiger partial charge in [0.05, 0.1) is 16.7 Å². The number of hydrogen-bond donors (Lipinski definition) is 2. The van der Waals surface area contributed by atoms with Crippen molar-refractivity contribution in [3.05, 3.63) is 33.8 Å². The van der Waals surface area contributed by atoms with Crippen molar-refractivity contribution < 1.29 is 5.11 Å². The van der Waals surface area contributed by atoms with Crippen LogP contribution in [0.4, 0.5) is 0 Å². The Morgan fingerprint density at radius 1 is 1.36 bits per heavy atom. The minimum atomic E-state index is -0.114. The standard InChI is InChI=1S/C10H13Cl2NO/c1-6(13)8(5-14)7-2-3-9(11)10(12)4-7/h2-4,6,8,14H,5,13H2,1H3. The average Bonchev–Trinajstić information content (AvgIpc) is 2.11. The second kappa shape index (κ2) is 4.99. The molecule has 0 saturated heterocycles. The van der Waals surface area contributed by atoms with Crippen LogP contribution in [-0.2, 0) is 0 Å². The second-order valence-corrected chi connectivity index (χ2v) is 4.14. The molecule has 0 aliphatic rings. The first-order valence-corrected chi connectivity index (χ1v) is 5.13. The molecule has 0 radical (unpaired) electrons. The lowest BCUT2D eigenvalue weighted by atomic mass is 9.94. The molecule has 0 amide bonds. The zero-order valence-electron chi connectivity index (χ0n) is 7.87. The molecule has 3 N–H and O–H groups in total. The van der Waals surface area contributed by atoms with Crippen LogP contribution >= 0.6 is 23.2 Å². The quantitative estimate of drug-likeness (QED) is 0.843. The molecule has 0 aromatic heterocycles. The lowest BCUT2D eigenvalue weighted by Crippen LogP contribution is -2.27. The molecule has 0 fully saturated rings. The molecular weight excluding hydrogens is 221 g/mol. The summed E-state index contributed by atoms with van der Waals surface area (Å²) in [6.07, 6.45) is 0. The van der Waals surface area contributed by atoms with Gasteiger partial charge in [0.15, 0.2) is 0 Å². The van der Waals surface area contributed by atoms with E-state index in [0.717, 1.165) is 5.56 Å². The van der Waals surface area contributed by atoms with E-state index < -0.39 is 0 Å². The topological polar surface area (TPSA) is 46.2 Å². The van der Waals surface area contributed by atoms with E-state index in [-0.39, 0.29) is 18.6 Å². The maximum atomic E-state index is 9.15. The zero-order chi connectivity index (χ0) is 10.7. The molecular formula is C10H13Cl2NO. The van der Waals surface area contributed by atoms with Crippen LogP contribution in [0.5, 0.6) is 0 Å². The lowest BCUT2D eigenvalue weighted by molar-refractivity contribution is 0.252. The van der Waals surface area contributed by atoms with Gasteiger partial charge in [-0.1, -0.05) is 29.3 Å². The first-order chi connectivity index (χ1) is 6.56. The van der Waals surface area contributed by atoms with Gasteiger partial charge in [-0.2, -0.15) is 0 Å². The van der Waals surface area contributed by atoms with Crippen LogP contribution in [0.15, 0.2) is 18.2 Å². The van der Waals surface area contributed by atoms with Crippen molar-refractivity contribution in [3.63, 3.8) is 0 Å². The maximum absolute atomic E-state index is 9.15. The SMILES string of the molecule is CC(N)C(CO)c1ccc(Cl)c(Cl)c1. The first-order valence-electron chi connectivity index (χ1n) is 4.37. The highest BCUT2D eigenvalue weighted by Crippen LogP contribution is 2.27. The van der Waals surface area contributed by atoms with Crippen LogP contribution in [0.3, 0.4) is 0 Å². The van der Waals surface area contributed by atoms with E-state index in [9.17, 15) is 0 Å². The van der Waals surface area contributed by atoms with Crippen LogP contribution in [-0.4, -0.2) is 17.8 Å². The Bertz CT molecular complexity index is 315. The Morgan fingerprint density at radius 3 is 2.43 bits per heavy atom. The average molecular weight is 234 g/mol. The molecule has 1 aromatic rings.